The standard InChI is InChI=1S/C10H24P2/c1-2-3-4-5-6-7-8-9-10-12-11/h12H,2-11H2,1H3. The maximum atomic E-state index is 2.83. The van der Waals surface area contributed by atoms with Gasteiger partial charge in [0.05, 0.1) is 0 Å². The Morgan fingerprint density at radius 1 is 0.833 bits per heavy atom. The maximum Gasteiger partial charge on any atom is -0.0319 e. The molecule has 0 fully saturated rings. The van der Waals surface area contributed by atoms with Gasteiger partial charge in [-0.2, -0.15) is 0 Å². The van der Waals surface area contributed by atoms with Gasteiger partial charge in [-0.25, -0.2) is 0 Å². The molecule has 2 heteroatoms. The minimum Gasteiger partial charge on any atom is -0.114 e. The third-order valence-corrected chi connectivity index (χ3v) is 3.68. The highest BCUT2D eigenvalue weighted by atomic mass is 32.0. The van der Waals surface area contributed by atoms with Crippen molar-refractivity contribution in [3.05, 3.63) is 0 Å². The summed E-state index contributed by atoms with van der Waals surface area (Å²) in [5.41, 5.74) is 0. The molecule has 0 nitrogen and oxygen atoms in total. The lowest BCUT2D eigenvalue weighted by Gasteiger charge is -1.99. The lowest BCUT2D eigenvalue weighted by molar-refractivity contribution is 0.586. The molecule has 0 heterocycles. The van der Waals surface area contributed by atoms with Crippen LogP contribution < -0.4 is 0 Å². The quantitative estimate of drug-likeness (QED) is 0.382. The summed E-state index contributed by atoms with van der Waals surface area (Å²) < 4.78 is 0. The molecule has 2 unspecified atom stereocenters. The van der Waals surface area contributed by atoms with Gasteiger partial charge < -0.3 is 0 Å². The Balaban J connectivity index is 2.73. The zero-order chi connectivity index (χ0) is 9.07. The molecule has 0 aliphatic rings. The van der Waals surface area contributed by atoms with Gasteiger partial charge >= 0.3 is 0 Å². The summed E-state index contributed by atoms with van der Waals surface area (Å²) in [5.74, 6) is 0. The van der Waals surface area contributed by atoms with Gasteiger partial charge in [-0.15, -0.1) is 17.2 Å². The van der Waals surface area contributed by atoms with Gasteiger partial charge in [0.2, 0.25) is 0 Å². The molecule has 2 atom stereocenters. The van der Waals surface area contributed by atoms with E-state index in [9.17, 15) is 0 Å². The largest absolute Gasteiger partial charge is 0.114 e. The molecular formula is C10H24P2. The van der Waals surface area contributed by atoms with Crippen LogP contribution in [-0.4, -0.2) is 6.16 Å². The molecular weight excluding hydrogens is 182 g/mol. The maximum absolute atomic E-state index is 2.83. The first-order chi connectivity index (χ1) is 5.91. The van der Waals surface area contributed by atoms with Gasteiger partial charge in [0.25, 0.3) is 0 Å². The lowest BCUT2D eigenvalue weighted by Crippen LogP contribution is -1.80. The molecule has 0 amide bonds. The van der Waals surface area contributed by atoms with Crippen LogP contribution in [0.1, 0.15) is 58.3 Å². The van der Waals surface area contributed by atoms with E-state index in [4.69, 9.17) is 0 Å². The van der Waals surface area contributed by atoms with Crippen LogP contribution in [0.5, 0.6) is 0 Å². The van der Waals surface area contributed by atoms with Crippen LogP contribution in [0.3, 0.4) is 0 Å². The molecule has 0 aromatic carbocycles. The van der Waals surface area contributed by atoms with E-state index in [2.05, 4.69) is 15.9 Å². The predicted molar refractivity (Wildman–Crippen MR) is 65.5 cm³/mol. The van der Waals surface area contributed by atoms with Gasteiger partial charge in [0.1, 0.15) is 0 Å². The summed E-state index contributed by atoms with van der Waals surface area (Å²) in [6.45, 7) is 2.28. The number of hydrogen-bond acceptors (Lipinski definition) is 0. The minimum atomic E-state index is 1.09. The second kappa shape index (κ2) is 11.9. The van der Waals surface area contributed by atoms with Crippen molar-refractivity contribution in [2.75, 3.05) is 6.16 Å². The van der Waals surface area contributed by atoms with Crippen molar-refractivity contribution < 1.29 is 0 Å². The fraction of sp³-hybridized carbons (Fsp3) is 1.00. The molecule has 0 aliphatic heterocycles. The highest BCUT2D eigenvalue weighted by Gasteiger charge is 1.90. The molecule has 74 valence electrons. The van der Waals surface area contributed by atoms with E-state index in [0.717, 1.165) is 8.27 Å². The van der Waals surface area contributed by atoms with E-state index < -0.39 is 0 Å². The first-order valence-corrected chi connectivity index (χ1v) is 8.37. The number of hydrogen-bond donors (Lipinski definition) is 0. The Labute approximate surface area is 82.2 Å². The van der Waals surface area contributed by atoms with Crippen LogP contribution >= 0.6 is 17.2 Å². The van der Waals surface area contributed by atoms with Gasteiger partial charge in [-0.3, -0.25) is 0 Å². The second-order valence-corrected chi connectivity index (χ2v) is 5.56. The van der Waals surface area contributed by atoms with Crippen molar-refractivity contribution in [1.82, 2.24) is 0 Å². The Hall–Kier alpha value is 0.860. The Kier molecular flexibility index (Phi) is 12.7. The Bertz CT molecular complexity index is 64.2. The van der Waals surface area contributed by atoms with Crippen molar-refractivity contribution in [3.8, 4) is 0 Å². The Morgan fingerprint density at radius 3 is 1.83 bits per heavy atom. The summed E-state index contributed by atoms with van der Waals surface area (Å²) >= 11 is 0. The molecule has 0 aromatic heterocycles. The topological polar surface area (TPSA) is 0 Å². The van der Waals surface area contributed by atoms with Gasteiger partial charge in [-0.05, 0) is 12.6 Å². The monoisotopic (exact) mass is 206 g/mol. The van der Waals surface area contributed by atoms with E-state index in [1.54, 1.807) is 0 Å². The van der Waals surface area contributed by atoms with E-state index in [0.29, 0.717) is 0 Å². The normalized spacial score (nSPS) is 11.5. The van der Waals surface area contributed by atoms with Crippen LogP contribution in [0, 0.1) is 0 Å². The van der Waals surface area contributed by atoms with Crippen molar-refractivity contribution in [1.29, 1.82) is 0 Å². The van der Waals surface area contributed by atoms with Crippen molar-refractivity contribution in [3.63, 3.8) is 0 Å². The molecule has 12 heavy (non-hydrogen) atoms. The molecule has 0 saturated carbocycles. The third-order valence-electron chi connectivity index (χ3n) is 2.17. The number of unbranched alkanes of at least 4 members (excludes halogenated alkanes) is 7. The summed E-state index contributed by atoms with van der Waals surface area (Å²) in [5, 5.41) is 0. The van der Waals surface area contributed by atoms with Crippen LogP contribution in [-0.2, 0) is 0 Å². The summed E-state index contributed by atoms with van der Waals surface area (Å²) in [6.07, 6.45) is 13.0. The molecule has 0 spiro atoms. The first-order valence-electron chi connectivity index (χ1n) is 5.35. The lowest BCUT2D eigenvalue weighted by atomic mass is 10.1. The first kappa shape index (κ1) is 12.9. The van der Waals surface area contributed by atoms with Gasteiger partial charge in [0, 0.05) is 0 Å². The highest BCUT2D eigenvalue weighted by Crippen LogP contribution is 2.21. The second-order valence-electron chi connectivity index (χ2n) is 3.43. The van der Waals surface area contributed by atoms with Crippen molar-refractivity contribution in [2.45, 2.75) is 58.3 Å². The predicted octanol–water partition coefficient (Wildman–Crippen LogP) is 4.60. The average Bonchev–Trinajstić information content (AvgIpc) is 2.10. The zero-order valence-corrected chi connectivity index (χ0v) is 10.6. The van der Waals surface area contributed by atoms with E-state index in [1.165, 1.54) is 57.5 Å². The van der Waals surface area contributed by atoms with E-state index in [-0.39, 0.29) is 0 Å². The molecule has 0 rings (SSSR count). The van der Waals surface area contributed by atoms with E-state index >= 15 is 0 Å². The molecule has 0 aromatic rings. The molecule has 0 radical (unpaired) electrons. The fourth-order valence-electron chi connectivity index (χ4n) is 1.36. The van der Waals surface area contributed by atoms with Gasteiger partial charge in [-0.1, -0.05) is 51.9 Å². The molecule has 0 bridgehead atoms. The third kappa shape index (κ3) is 10.9. The zero-order valence-electron chi connectivity index (χ0n) is 8.44. The van der Waals surface area contributed by atoms with Crippen LogP contribution in [0.25, 0.3) is 0 Å². The smallest absolute Gasteiger partial charge is 0.0319 e. The summed E-state index contributed by atoms with van der Waals surface area (Å²) in [7, 11) is 3.92. The SMILES string of the molecule is CCCCCCCCCCPP. The minimum absolute atomic E-state index is 1.09. The van der Waals surface area contributed by atoms with Crippen LogP contribution in [0.2, 0.25) is 0 Å². The fourth-order valence-corrected chi connectivity index (χ4v) is 2.43. The summed E-state index contributed by atoms with van der Waals surface area (Å²) in [6, 6.07) is 0. The van der Waals surface area contributed by atoms with Crippen LogP contribution in [0.15, 0.2) is 0 Å². The Morgan fingerprint density at radius 2 is 1.33 bits per heavy atom. The van der Waals surface area contributed by atoms with Crippen LogP contribution in [0.4, 0.5) is 0 Å². The molecule has 0 saturated heterocycles. The van der Waals surface area contributed by atoms with Gasteiger partial charge in [0.15, 0.2) is 0 Å². The van der Waals surface area contributed by atoms with Crippen molar-refractivity contribution in [2.24, 2.45) is 0 Å². The highest BCUT2D eigenvalue weighted by molar-refractivity contribution is 8.02. The summed E-state index contributed by atoms with van der Waals surface area (Å²) in [4.78, 5) is 0. The molecule has 0 aliphatic carbocycles. The average molecular weight is 206 g/mol. The number of rotatable bonds is 9. The van der Waals surface area contributed by atoms with E-state index in [1.807, 2.05) is 0 Å². The molecule has 0 N–H and O–H groups in total. The van der Waals surface area contributed by atoms with Crippen molar-refractivity contribution >= 4 is 17.2 Å².